The topological polar surface area (TPSA) is 253 Å². The van der Waals surface area contributed by atoms with E-state index in [9.17, 15) is 36.6 Å². The standard InChI is InChI=1S/C52H70Cl4N6O14S2/c1-36(53)28-47(55)40-29-39(32-61(2)33-40)37-4-8-42(9-5-37)77(67,68)59-14-18-73-22-26-75-24-20-71-16-12-57-51(65)49(63)50(64)52(66)58-13-17-72-21-25-76-27-23-74-19-15-60-78(69,70)43-10-6-38(7-11-43)45-34-62(3)35-46-44(45)30-41(54)31-48(46)56/h4-11,28-31,39,45,49-50,59-60,63-64H,1,12-27,32-35H2,2-3H3,(H,57,65)(H,58,66)/b47-28+. The highest BCUT2D eigenvalue weighted by atomic mass is 35.5. The van der Waals surface area contributed by atoms with E-state index in [2.05, 4.69) is 42.5 Å². The average Bonchev–Trinajstić information content (AvgIpc) is 3.40. The van der Waals surface area contributed by atoms with Gasteiger partial charge in [0.1, 0.15) is 0 Å². The van der Waals surface area contributed by atoms with E-state index in [1.807, 2.05) is 32.3 Å². The molecule has 2 aliphatic heterocycles. The maximum atomic E-state index is 12.9. The van der Waals surface area contributed by atoms with Crippen molar-refractivity contribution in [2.45, 2.75) is 40.4 Å². The highest BCUT2D eigenvalue weighted by Gasteiger charge is 2.31. The summed E-state index contributed by atoms with van der Waals surface area (Å²) in [4.78, 5) is 29.1. The number of ether oxygens (including phenoxy) is 6. The molecule has 78 heavy (non-hydrogen) atoms. The second kappa shape index (κ2) is 33.4. The number of nitrogens with one attached hydrogen (secondary N) is 4. The number of nitrogens with zero attached hydrogens (tertiary/aromatic N) is 2. The number of halogens is 4. The Morgan fingerprint density at radius 3 is 1.53 bits per heavy atom. The van der Waals surface area contributed by atoms with Crippen LogP contribution in [0.4, 0.5) is 0 Å². The summed E-state index contributed by atoms with van der Waals surface area (Å²) in [5, 5.41) is 27.1. The highest BCUT2D eigenvalue weighted by molar-refractivity contribution is 7.89. The molecule has 0 fully saturated rings. The number of aliphatic hydroxyl groups is 2. The number of rotatable bonds is 35. The number of likely N-dealkylation sites (N-methyl/N-ethyl adjacent to an activating group) is 2. The van der Waals surface area contributed by atoms with Crippen molar-refractivity contribution in [3.63, 3.8) is 0 Å². The van der Waals surface area contributed by atoms with E-state index in [1.165, 1.54) is 0 Å². The van der Waals surface area contributed by atoms with Crippen LogP contribution in [-0.2, 0) is 64.6 Å². The molecule has 5 rings (SSSR count). The molecule has 20 nitrogen and oxygen atoms in total. The van der Waals surface area contributed by atoms with Gasteiger partial charge in [0.15, 0.2) is 12.2 Å². The predicted octanol–water partition coefficient (Wildman–Crippen LogP) is 3.71. The van der Waals surface area contributed by atoms with E-state index in [1.54, 1.807) is 48.5 Å². The molecule has 2 amide bonds. The van der Waals surface area contributed by atoms with Crippen LogP contribution in [0.3, 0.4) is 0 Å². The normalized spacial score (nSPS) is 17.3. The molecule has 4 atom stereocenters. The van der Waals surface area contributed by atoms with Crippen molar-refractivity contribution < 1.29 is 65.1 Å². The molecule has 4 unspecified atom stereocenters. The van der Waals surface area contributed by atoms with Crippen molar-refractivity contribution in [3.05, 3.63) is 127 Å². The first-order valence-corrected chi connectivity index (χ1v) is 29.6. The van der Waals surface area contributed by atoms with Crippen molar-refractivity contribution in [1.29, 1.82) is 0 Å². The minimum atomic E-state index is -3.77. The minimum Gasteiger partial charge on any atom is -0.380 e. The number of carbonyl (C=O) groups is 2. The van der Waals surface area contributed by atoms with Crippen molar-refractivity contribution in [2.75, 3.05) is 139 Å². The summed E-state index contributed by atoms with van der Waals surface area (Å²) in [6.07, 6.45) is -0.379. The second-order valence-corrected chi connectivity index (χ2v) is 23.5. The molecule has 2 heterocycles. The number of hydrogen-bond donors (Lipinski definition) is 6. The van der Waals surface area contributed by atoms with Crippen LogP contribution in [0.2, 0.25) is 10.0 Å². The average molecular weight is 1210 g/mol. The Hall–Kier alpha value is -3.60. The molecule has 26 heteroatoms. The molecule has 0 saturated heterocycles. The van der Waals surface area contributed by atoms with Gasteiger partial charge in [-0.15, -0.1) is 0 Å². The molecule has 0 aromatic heterocycles. The van der Waals surface area contributed by atoms with Crippen LogP contribution in [0.15, 0.2) is 105 Å². The molecular formula is C52H70Cl4N6O14S2. The number of fused-ring (bicyclic) bond motifs is 1. The van der Waals surface area contributed by atoms with E-state index in [0.29, 0.717) is 33.2 Å². The molecule has 0 spiro atoms. The smallest absolute Gasteiger partial charge is 0.252 e. The zero-order chi connectivity index (χ0) is 56.7. The van der Waals surface area contributed by atoms with Crippen molar-refractivity contribution in [2.24, 2.45) is 0 Å². The van der Waals surface area contributed by atoms with Crippen LogP contribution in [0.5, 0.6) is 0 Å². The zero-order valence-corrected chi connectivity index (χ0v) is 48.3. The maximum absolute atomic E-state index is 12.9. The van der Waals surface area contributed by atoms with Gasteiger partial charge in [0, 0.05) is 84.3 Å². The van der Waals surface area contributed by atoms with Crippen molar-refractivity contribution >= 4 is 78.3 Å². The number of aliphatic hydroxyl groups excluding tert-OH is 2. The Kier molecular flexibility index (Phi) is 27.9. The van der Waals surface area contributed by atoms with E-state index < -0.39 is 44.1 Å². The third-order valence-electron chi connectivity index (χ3n) is 12.1. The molecule has 0 aliphatic carbocycles. The van der Waals surface area contributed by atoms with Crippen LogP contribution in [-0.4, -0.2) is 200 Å². The summed E-state index contributed by atoms with van der Waals surface area (Å²) in [6.45, 7) is 8.66. The lowest BCUT2D eigenvalue weighted by atomic mass is 9.85. The fourth-order valence-electron chi connectivity index (χ4n) is 8.27. The van der Waals surface area contributed by atoms with Crippen molar-refractivity contribution in [1.82, 2.24) is 29.9 Å². The molecule has 6 N–H and O–H groups in total. The molecule has 3 aromatic carbocycles. The first-order chi connectivity index (χ1) is 37.2. The van der Waals surface area contributed by atoms with Gasteiger partial charge in [-0.3, -0.25) is 9.59 Å². The lowest BCUT2D eigenvalue weighted by Crippen LogP contribution is -2.50. The molecule has 0 saturated carbocycles. The number of sulfonamides is 2. The van der Waals surface area contributed by atoms with Crippen LogP contribution in [0, 0.1) is 0 Å². The first kappa shape index (κ1) is 65.2. The van der Waals surface area contributed by atoms with Gasteiger partial charge in [-0.05, 0) is 84.4 Å². The first-order valence-electron chi connectivity index (χ1n) is 25.1. The molecule has 0 radical (unpaired) electrons. The number of carbonyl (C=O) groups excluding carboxylic acids is 2. The van der Waals surface area contributed by atoms with Crippen LogP contribution in [0.25, 0.3) is 0 Å². The van der Waals surface area contributed by atoms with Crippen LogP contribution >= 0.6 is 46.4 Å². The maximum Gasteiger partial charge on any atom is 0.252 e. The monoisotopic (exact) mass is 1210 g/mol. The largest absolute Gasteiger partial charge is 0.380 e. The number of allylic oxidation sites excluding steroid dienone is 2. The number of hydrogen-bond acceptors (Lipinski definition) is 16. The Morgan fingerprint density at radius 2 is 1.06 bits per heavy atom. The van der Waals surface area contributed by atoms with Gasteiger partial charge in [0.05, 0.1) is 89.1 Å². The van der Waals surface area contributed by atoms with Gasteiger partial charge in [0.25, 0.3) is 11.8 Å². The Balaban J connectivity index is 0.799. The van der Waals surface area contributed by atoms with E-state index in [0.717, 1.165) is 40.9 Å². The summed E-state index contributed by atoms with van der Waals surface area (Å²) in [6, 6.07) is 17.1. The molecular weight excluding hydrogens is 1140 g/mol. The summed E-state index contributed by atoms with van der Waals surface area (Å²) in [5.41, 5.74) is 4.85. The third-order valence-corrected chi connectivity index (χ3v) is 16.1. The van der Waals surface area contributed by atoms with Gasteiger partial charge in [-0.25, -0.2) is 26.3 Å². The van der Waals surface area contributed by atoms with E-state index in [4.69, 9.17) is 74.8 Å². The van der Waals surface area contributed by atoms with Crippen LogP contribution in [0.1, 0.15) is 34.1 Å². The zero-order valence-electron chi connectivity index (χ0n) is 43.6. The third kappa shape index (κ3) is 21.7. The predicted molar refractivity (Wildman–Crippen MR) is 298 cm³/mol. The van der Waals surface area contributed by atoms with Crippen LogP contribution < -0.4 is 20.1 Å². The molecule has 0 bridgehead atoms. The fraction of sp³-hybridized carbons (Fsp3) is 0.500. The van der Waals surface area contributed by atoms with E-state index in [-0.39, 0.29) is 127 Å². The van der Waals surface area contributed by atoms with E-state index >= 15 is 0 Å². The fourth-order valence-corrected chi connectivity index (χ4v) is 11.3. The lowest BCUT2D eigenvalue weighted by molar-refractivity contribution is -0.146. The summed E-state index contributed by atoms with van der Waals surface area (Å²) >= 11 is 25.1. The Morgan fingerprint density at radius 1 is 0.641 bits per heavy atom. The van der Waals surface area contributed by atoms with Crippen molar-refractivity contribution in [3.8, 4) is 0 Å². The van der Waals surface area contributed by atoms with Gasteiger partial charge >= 0.3 is 0 Å². The van der Waals surface area contributed by atoms with Gasteiger partial charge in [-0.2, -0.15) is 0 Å². The highest BCUT2D eigenvalue weighted by Crippen LogP contribution is 2.39. The Bertz CT molecular complexity index is 2710. The molecule has 3 aromatic rings. The molecule has 432 valence electrons. The summed E-state index contributed by atoms with van der Waals surface area (Å²) in [5.74, 6) is -1.94. The second-order valence-electron chi connectivity index (χ2n) is 18.2. The van der Waals surface area contributed by atoms with Gasteiger partial charge in [0.2, 0.25) is 20.0 Å². The number of benzene rings is 3. The molecule has 2 aliphatic rings. The Labute approximate surface area is 477 Å². The minimum absolute atomic E-state index is 0.00655. The lowest BCUT2D eigenvalue weighted by Gasteiger charge is -2.33. The summed E-state index contributed by atoms with van der Waals surface area (Å²) in [7, 11) is -3.54. The quantitative estimate of drug-likeness (QED) is 0.0363. The SMILES string of the molecule is C=C(Cl)/C=C(/Cl)C1=CC(c2ccc(S(=O)(=O)NCCOCCOCCOCCNC(=O)C(O)C(O)C(=O)NCCOCCOCCOCCNS(=O)(=O)c3ccc(C4CN(C)Cc5c(Cl)cc(Cl)cc54)cc3)cc2)CN(C)C1. The van der Waals surface area contributed by atoms with Gasteiger partial charge < -0.3 is 59.1 Å². The van der Waals surface area contributed by atoms with Gasteiger partial charge in [-0.1, -0.05) is 83.3 Å². The number of amides is 2. The summed E-state index contributed by atoms with van der Waals surface area (Å²) < 4.78 is 89.2.